The Labute approximate surface area is 121 Å². The topological polar surface area (TPSA) is 15.3 Å². The SMILES string of the molecule is CCCN1CCC(C(C)NC(C)CC(C)CC)CC1. The van der Waals surface area contributed by atoms with E-state index in [9.17, 15) is 0 Å². The quantitative estimate of drug-likeness (QED) is 0.718. The number of piperidine rings is 1. The molecule has 0 aliphatic carbocycles. The molecule has 1 fully saturated rings. The van der Waals surface area contributed by atoms with E-state index in [2.05, 4.69) is 44.8 Å². The number of nitrogens with one attached hydrogen (secondary N) is 1. The fraction of sp³-hybridized carbons (Fsp3) is 1.00. The summed E-state index contributed by atoms with van der Waals surface area (Å²) in [6.07, 6.45) is 6.67. The lowest BCUT2D eigenvalue weighted by molar-refractivity contribution is 0.157. The molecule has 1 heterocycles. The van der Waals surface area contributed by atoms with Gasteiger partial charge < -0.3 is 10.2 Å². The minimum atomic E-state index is 0.665. The van der Waals surface area contributed by atoms with Crippen molar-refractivity contribution in [2.45, 2.75) is 78.8 Å². The van der Waals surface area contributed by atoms with Crippen molar-refractivity contribution in [1.29, 1.82) is 0 Å². The normalized spacial score (nSPS) is 23.2. The molecule has 2 heteroatoms. The second-order valence-corrected chi connectivity index (χ2v) is 6.78. The van der Waals surface area contributed by atoms with Crippen LogP contribution in [0.15, 0.2) is 0 Å². The van der Waals surface area contributed by atoms with Crippen molar-refractivity contribution >= 4 is 0 Å². The van der Waals surface area contributed by atoms with E-state index in [0.717, 1.165) is 11.8 Å². The first kappa shape index (κ1) is 17.0. The fourth-order valence-corrected chi connectivity index (χ4v) is 3.42. The molecule has 0 aromatic heterocycles. The average Bonchev–Trinajstić information content (AvgIpc) is 2.39. The van der Waals surface area contributed by atoms with Crippen LogP contribution in [-0.4, -0.2) is 36.6 Å². The molecule has 0 aromatic carbocycles. The summed E-state index contributed by atoms with van der Waals surface area (Å²) in [6.45, 7) is 15.6. The van der Waals surface area contributed by atoms with Gasteiger partial charge in [-0.25, -0.2) is 0 Å². The van der Waals surface area contributed by atoms with Crippen molar-refractivity contribution < 1.29 is 0 Å². The molecule has 3 unspecified atom stereocenters. The molecule has 3 atom stereocenters. The Morgan fingerprint density at radius 3 is 2.26 bits per heavy atom. The van der Waals surface area contributed by atoms with Gasteiger partial charge in [0.2, 0.25) is 0 Å². The van der Waals surface area contributed by atoms with Crippen LogP contribution in [0.2, 0.25) is 0 Å². The van der Waals surface area contributed by atoms with Crippen LogP contribution in [0.4, 0.5) is 0 Å². The van der Waals surface area contributed by atoms with Crippen LogP contribution >= 0.6 is 0 Å². The smallest absolute Gasteiger partial charge is 0.00704 e. The van der Waals surface area contributed by atoms with Crippen LogP contribution < -0.4 is 5.32 Å². The first-order valence-electron chi connectivity index (χ1n) is 8.55. The van der Waals surface area contributed by atoms with Gasteiger partial charge in [0.1, 0.15) is 0 Å². The molecule has 0 spiro atoms. The molecule has 1 rings (SSSR count). The van der Waals surface area contributed by atoms with Gasteiger partial charge in [0, 0.05) is 12.1 Å². The zero-order valence-electron chi connectivity index (χ0n) is 13.9. The van der Waals surface area contributed by atoms with Gasteiger partial charge >= 0.3 is 0 Å². The second kappa shape index (κ2) is 8.97. The molecule has 19 heavy (non-hydrogen) atoms. The van der Waals surface area contributed by atoms with Crippen LogP contribution in [0.3, 0.4) is 0 Å². The first-order valence-corrected chi connectivity index (χ1v) is 8.55. The summed E-state index contributed by atoms with van der Waals surface area (Å²) in [5.74, 6) is 1.73. The van der Waals surface area contributed by atoms with Gasteiger partial charge in [-0.3, -0.25) is 0 Å². The Balaban J connectivity index is 2.25. The maximum atomic E-state index is 3.84. The largest absolute Gasteiger partial charge is 0.311 e. The molecule has 114 valence electrons. The molecule has 1 saturated heterocycles. The lowest BCUT2D eigenvalue weighted by Crippen LogP contribution is -2.45. The van der Waals surface area contributed by atoms with E-state index in [1.807, 2.05) is 0 Å². The van der Waals surface area contributed by atoms with Gasteiger partial charge in [0.25, 0.3) is 0 Å². The van der Waals surface area contributed by atoms with Gasteiger partial charge in [0.15, 0.2) is 0 Å². The van der Waals surface area contributed by atoms with E-state index >= 15 is 0 Å². The first-order chi connectivity index (χ1) is 9.06. The average molecular weight is 268 g/mol. The van der Waals surface area contributed by atoms with Crippen molar-refractivity contribution in [2.75, 3.05) is 19.6 Å². The summed E-state index contributed by atoms with van der Waals surface area (Å²) in [4.78, 5) is 2.63. The molecular formula is C17H36N2. The minimum absolute atomic E-state index is 0.665. The molecule has 1 aliphatic rings. The molecule has 1 aliphatic heterocycles. The van der Waals surface area contributed by atoms with E-state index in [1.165, 1.54) is 51.7 Å². The Bertz CT molecular complexity index is 221. The highest BCUT2D eigenvalue weighted by Gasteiger charge is 2.24. The van der Waals surface area contributed by atoms with Gasteiger partial charge in [-0.2, -0.15) is 0 Å². The fourth-order valence-electron chi connectivity index (χ4n) is 3.42. The zero-order chi connectivity index (χ0) is 14.3. The van der Waals surface area contributed by atoms with Crippen molar-refractivity contribution in [2.24, 2.45) is 11.8 Å². The van der Waals surface area contributed by atoms with Crippen molar-refractivity contribution in [3.8, 4) is 0 Å². The van der Waals surface area contributed by atoms with E-state index in [0.29, 0.717) is 12.1 Å². The molecular weight excluding hydrogens is 232 g/mol. The molecule has 0 aromatic rings. The van der Waals surface area contributed by atoms with Crippen LogP contribution in [0.25, 0.3) is 0 Å². The molecule has 2 nitrogen and oxygen atoms in total. The molecule has 0 saturated carbocycles. The molecule has 0 amide bonds. The monoisotopic (exact) mass is 268 g/mol. The van der Waals surface area contributed by atoms with Crippen molar-refractivity contribution in [3.63, 3.8) is 0 Å². The summed E-state index contributed by atoms with van der Waals surface area (Å²) < 4.78 is 0. The minimum Gasteiger partial charge on any atom is -0.311 e. The van der Waals surface area contributed by atoms with Crippen LogP contribution in [0, 0.1) is 11.8 Å². The standard InChI is InChI=1S/C17H36N2/c1-6-10-19-11-8-17(9-12-19)16(5)18-15(4)13-14(3)7-2/h14-18H,6-13H2,1-5H3. The number of nitrogens with zero attached hydrogens (tertiary/aromatic N) is 1. The van der Waals surface area contributed by atoms with Gasteiger partial charge in [-0.15, -0.1) is 0 Å². The summed E-state index contributed by atoms with van der Waals surface area (Å²) in [5.41, 5.74) is 0. The van der Waals surface area contributed by atoms with E-state index in [-0.39, 0.29) is 0 Å². The molecule has 1 N–H and O–H groups in total. The third-order valence-electron chi connectivity index (χ3n) is 4.88. The predicted molar refractivity (Wildman–Crippen MR) is 85.6 cm³/mol. The highest BCUT2D eigenvalue weighted by atomic mass is 15.1. The molecule has 0 bridgehead atoms. The van der Waals surface area contributed by atoms with E-state index in [4.69, 9.17) is 0 Å². The lowest BCUT2D eigenvalue weighted by atomic mass is 9.89. The lowest BCUT2D eigenvalue weighted by Gasteiger charge is -2.36. The zero-order valence-corrected chi connectivity index (χ0v) is 13.9. The summed E-state index contributed by atoms with van der Waals surface area (Å²) in [5, 5.41) is 3.84. The number of hydrogen-bond donors (Lipinski definition) is 1. The maximum Gasteiger partial charge on any atom is 0.00704 e. The maximum absolute atomic E-state index is 3.84. The predicted octanol–water partition coefficient (Wildman–Crippen LogP) is 3.91. The summed E-state index contributed by atoms with van der Waals surface area (Å²) >= 11 is 0. The van der Waals surface area contributed by atoms with Gasteiger partial charge in [-0.1, -0.05) is 27.2 Å². The van der Waals surface area contributed by atoms with Gasteiger partial charge in [-0.05, 0) is 71.0 Å². The Morgan fingerprint density at radius 2 is 1.74 bits per heavy atom. The third kappa shape index (κ3) is 6.27. The summed E-state index contributed by atoms with van der Waals surface area (Å²) in [6, 6.07) is 1.35. The van der Waals surface area contributed by atoms with E-state index in [1.54, 1.807) is 0 Å². The van der Waals surface area contributed by atoms with Crippen molar-refractivity contribution in [1.82, 2.24) is 10.2 Å². The number of rotatable bonds is 8. The van der Waals surface area contributed by atoms with E-state index < -0.39 is 0 Å². The molecule has 0 radical (unpaired) electrons. The van der Waals surface area contributed by atoms with Crippen LogP contribution in [0.1, 0.15) is 66.7 Å². The number of likely N-dealkylation sites (tertiary alicyclic amines) is 1. The Kier molecular flexibility index (Phi) is 8.01. The number of hydrogen-bond acceptors (Lipinski definition) is 2. The Morgan fingerprint density at radius 1 is 1.11 bits per heavy atom. The van der Waals surface area contributed by atoms with Crippen LogP contribution in [0.5, 0.6) is 0 Å². The summed E-state index contributed by atoms with van der Waals surface area (Å²) in [7, 11) is 0. The van der Waals surface area contributed by atoms with Gasteiger partial charge in [0.05, 0.1) is 0 Å². The van der Waals surface area contributed by atoms with Crippen LogP contribution in [-0.2, 0) is 0 Å². The highest BCUT2D eigenvalue weighted by Crippen LogP contribution is 2.21. The third-order valence-corrected chi connectivity index (χ3v) is 4.88. The Hall–Kier alpha value is -0.0800. The second-order valence-electron chi connectivity index (χ2n) is 6.78. The highest BCUT2D eigenvalue weighted by molar-refractivity contribution is 4.81. The van der Waals surface area contributed by atoms with Crippen molar-refractivity contribution in [3.05, 3.63) is 0 Å².